The molecule has 6 aromatic rings. The van der Waals surface area contributed by atoms with Crippen LogP contribution in [0.4, 0.5) is 0 Å². The van der Waals surface area contributed by atoms with E-state index >= 15 is 0 Å². The number of nitrogens with one attached hydrogen (secondary N) is 2. The molecule has 3 aromatic heterocycles. The van der Waals surface area contributed by atoms with E-state index in [2.05, 4.69) is 81.3 Å². The van der Waals surface area contributed by atoms with Crippen LogP contribution in [-0.2, 0) is 31.2 Å². The lowest BCUT2D eigenvalue weighted by atomic mass is 10.1. The molecule has 0 saturated heterocycles. The number of H-pyrrole nitrogens is 2. The van der Waals surface area contributed by atoms with Crippen LogP contribution in [0, 0.1) is 0 Å². The van der Waals surface area contributed by atoms with Gasteiger partial charge in [-0.05, 0) is 47.7 Å². The number of para-hydroxylation sites is 4. The fraction of sp³-hybridized carbons (Fsp3) is 0.200. The second-order valence-electron chi connectivity index (χ2n) is 9.38. The number of aromatic nitrogens is 4. The summed E-state index contributed by atoms with van der Waals surface area (Å²) >= 11 is 0. The van der Waals surface area contributed by atoms with Crippen molar-refractivity contribution in [2.45, 2.75) is 25.8 Å². The molecule has 0 aliphatic carbocycles. The first-order valence-electron chi connectivity index (χ1n) is 12.5. The Labute approximate surface area is 209 Å². The van der Waals surface area contributed by atoms with Gasteiger partial charge in [-0.1, -0.05) is 48.5 Å². The van der Waals surface area contributed by atoms with Crippen LogP contribution < -0.4 is 0 Å². The number of aromatic amines is 2. The van der Waals surface area contributed by atoms with E-state index in [1.54, 1.807) is 0 Å². The molecule has 6 rings (SSSR count). The molecule has 0 unspecified atom stereocenters. The molecule has 0 aliphatic heterocycles. The summed E-state index contributed by atoms with van der Waals surface area (Å²) in [5, 5.41) is 2.41. The van der Waals surface area contributed by atoms with Crippen LogP contribution in [0.1, 0.15) is 23.5 Å². The number of hydrogen-bond donors (Lipinski definition) is 2. The zero-order chi connectivity index (χ0) is 24.5. The Morgan fingerprint density at radius 1 is 0.944 bits per heavy atom. The predicted molar refractivity (Wildman–Crippen MR) is 145 cm³/mol. The molecule has 0 radical (unpaired) electrons. The smallest absolute Gasteiger partial charge is 0.223 e. The molecular formula is C30H29N5O. The molecule has 6 nitrogen and oxygen atoms in total. The normalized spacial score (nSPS) is 11.6. The summed E-state index contributed by atoms with van der Waals surface area (Å²) < 4.78 is 2.19. The Morgan fingerprint density at radius 3 is 2.58 bits per heavy atom. The van der Waals surface area contributed by atoms with Gasteiger partial charge in [0.1, 0.15) is 5.82 Å². The van der Waals surface area contributed by atoms with Crippen molar-refractivity contribution < 1.29 is 4.79 Å². The number of amides is 1. The molecule has 0 bridgehead atoms. The predicted octanol–water partition coefficient (Wildman–Crippen LogP) is 5.74. The van der Waals surface area contributed by atoms with Crippen LogP contribution >= 0.6 is 0 Å². The fourth-order valence-corrected chi connectivity index (χ4v) is 5.09. The van der Waals surface area contributed by atoms with E-state index in [0.717, 1.165) is 34.5 Å². The molecular weight excluding hydrogens is 446 g/mol. The average molecular weight is 476 g/mol. The van der Waals surface area contributed by atoms with Crippen molar-refractivity contribution in [2.24, 2.45) is 7.05 Å². The second kappa shape index (κ2) is 9.38. The number of imidazole rings is 1. The fourth-order valence-electron chi connectivity index (χ4n) is 5.09. The maximum Gasteiger partial charge on any atom is 0.223 e. The number of benzene rings is 3. The van der Waals surface area contributed by atoms with Crippen LogP contribution in [-0.4, -0.2) is 36.9 Å². The molecule has 6 heteroatoms. The van der Waals surface area contributed by atoms with E-state index in [0.29, 0.717) is 25.9 Å². The van der Waals surface area contributed by atoms with Gasteiger partial charge in [-0.3, -0.25) is 4.79 Å². The van der Waals surface area contributed by atoms with Crippen molar-refractivity contribution in [1.29, 1.82) is 0 Å². The van der Waals surface area contributed by atoms with Gasteiger partial charge in [-0.2, -0.15) is 0 Å². The number of fused-ring (bicyclic) bond motifs is 3. The minimum absolute atomic E-state index is 0.139. The molecule has 3 aromatic carbocycles. The van der Waals surface area contributed by atoms with Gasteiger partial charge in [0.2, 0.25) is 5.91 Å². The molecule has 3 heterocycles. The monoisotopic (exact) mass is 475 g/mol. The standard InChI is InChI=1S/C30H29N5O/c1-34-23(18-21-8-2-7-13-28(21)34)20-35(17-16-22-19-31-25-10-4-3-9-24(22)25)30(36)15-14-29-32-26-11-5-6-12-27(26)33-29/h2-13,18-19,31H,14-17,20H2,1H3,(H,32,33). The van der Waals surface area contributed by atoms with Gasteiger partial charge in [0.25, 0.3) is 0 Å². The molecule has 1 amide bonds. The minimum Gasteiger partial charge on any atom is -0.361 e. The average Bonchev–Trinajstić information content (AvgIpc) is 3.60. The molecule has 0 spiro atoms. The number of carbonyl (C=O) groups excluding carboxylic acids is 1. The molecule has 2 N–H and O–H groups in total. The molecule has 0 fully saturated rings. The first-order valence-corrected chi connectivity index (χ1v) is 12.5. The van der Waals surface area contributed by atoms with Crippen LogP contribution in [0.5, 0.6) is 0 Å². The largest absolute Gasteiger partial charge is 0.361 e. The van der Waals surface area contributed by atoms with E-state index in [1.165, 1.54) is 21.9 Å². The third-order valence-corrected chi connectivity index (χ3v) is 7.10. The second-order valence-corrected chi connectivity index (χ2v) is 9.38. The van der Waals surface area contributed by atoms with E-state index in [1.807, 2.05) is 35.2 Å². The highest BCUT2D eigenvalue weighted by molar-refractivity contribution is 5.84. The molecule has 36 heavy (non-hydrogen) atoms. The first-order chi connectivity index (χ1) is 17.7. The Hall–Kier alpha value is -4.32. The lowest BCUT2D eigenvalue weighted by Gasteiger charge is -2.23. The Kier molecular flexibility index (Phi) is 5.77. The highest BCUT2D eigenvalue weighted by atomic mass is 16.2. The van der Waals surface area contributed by atoms with Crippen molar-refractivity contribution in [2.75, 3.05) is 6.54 Å². The SMILES string of the molecule is Cn1c(CN(CCc2c[nH]c3ccccc23)C(=O)CCc2nc3ccccc3[nH]2)cc2ccccc21. The van der Waals surface area contributed by atoms with Crippen LogP contribution in [0.2, 0.25) is 0 Å². The van der Waals surface area contributed by atoms with Gasteiger partial charge in [-0.15, -0.1) is 0 Å². The molecule has 0 atom stereocenters. The van der Waals surface area contributed by atoms with Crippen LogP contribution in [0.3, 0.4) is 0 Å². The molecule has 0 aliphatic rings. The lowest BCUT2D eigenvalue weighted by molar-refractivity contribution is -0.131. The van der Waals surface area contributed by atoms with E-state index in [9.17, 15) is 4.79 Å². The quantitative estimate of drug-likeness (QED) is 0.295. The summed E-state index contributed by atoms with van der Waals surface area (Å²) in [5.41, 5.74) is 6.62. The molecule has 0 saturated carbocycles. The number of hydrogen-bond acceptors (Lipinski definition) is 2. The van der Waals surface area contributed by atoms with Crippen LogP contribution in [0.25, 0.3) is 32.8 Å². The maximum absolute atomic E-state index is 13.6. The summed E-state index contributed by atoms with van der Waals surface area (Å²) in [4.78, 5) is 26.9. The van der Waals surface area contributed by atoms with Crippen molar-refractivity contribution >= 4 is 38.7 Å². The van der Waals surface area contributed by atoms with Gasteiger partial charge in [0, 0.05) is 54.7 Å². The van der Waals surface area contributed by atoms with Gasteiger partial charge >= 0.3 is 0 Å². The Balaban J connectivity index is 1.23. The number of carbonyl (C=O) groups is 1. The highest BCUT2D eigenvalue weighted by Crippen LogP contribution is 2.22. The lowest BCUT2D eigenvalue weighted by Crippen LogP contribution is -2.33. The van der Waals surface area contributed by atoms with Crippen molar-refractivity contribution in [1.82, 2.24) is 24.4 Å². The van der Waals surface area contributed by atoms with E-state index < -0.39 is 0 Å². The summed E-state index contributed by atoms with van der Waals surface area (Å²) in [6.45, 7) is 1.23. The van der Waals surface area contributed by atoms with Gasteiger partial charge < -0.3 is 19.4 Å². The van der Waals surface area contributed by atoms with Crippen molar-refractivity contribution in [3.05, 3.63) is 102 Å². The summed E-state index contributed by atoms with van der Waals surface area (Å²) in [5.74, 6) is 0.992. The topological polar surface area (TPSA) is 69.7 Å². The summed E-state index contributed by atoms with van der Waals surface area (Å²) in [6, 6.07) is 26.9. The van der Waals surface area contributed by atoms with E-state index in [-0.39, 0.29) is 5.91 Å². The summed E-state index contributed by atoms with van der Waals surface area (Å²) in [6.07, 6.45) is 3.87. The van der Waals surface area contributed by atoms with Gasteiger partial charge in [0.05, 0.1) is 17.6 Å². The first kappa shape index (κ1) is 22.2. The zero-order valence-corrected chi connectivity index (χ0v) is 20.4. The van der Waals surface area contributed by atoms with Crippen molar-refractivity contribution in [3.63, 3.8) is 0 Å². The molecule has 180 valence electrons. The third kappa shape index (κ3) is 4.26. The van der Waals surface area contributed by atoms with E-state index in [4.69, 9.17) is 0 Å². The maximum atomic E-state index is 13.6. The minimum atomic E-state index is 0.139. The van der Waals surface area contributed by atoms with Gasteiger partial charge in [-0.25, -0.2) is 4.98 Å². The summed E-state index contributed by atoms with van der Waals surface area (Å²) in [7, 11) is 2.08. The highest BCUT2D eigenvalue weighted by Gasteiger charge is 2.18. The Bertz CT molecular complexity index is 1640. The Morgan fingerprint density at radius 2 is 1.72 bits per heavy atom. The van der Waals surface area contributed by atoms with Crippen LogP contribution in [0.15, 0.2) is 85.1 Å². The number of rotatable bonds is 8. The number of aryl methyl sites for hydroxylation is 2. The third-order valence-electron chi connectivity index (χ3n) is 7.10. The number of nitrogens with zero attached hydrogens (tertiary/aromatic N) is 3. The van der Waals surface area contributed by atoms with Crippen molar-refractivity contribution in [3.8, 4) is 0 Å². The van der Waals surface area contributed by atoms with Gasteiger partial charge in [0.15, 0.2) is 0 Å². The zero-order valence-electron chi connectivity index (χ0n) is 20.4.